The van der Waals surface area contributed by atoms with Gasteiger partial charge >= 0.3 is 0 Å². The van der Waals surface area contributed by atoms with Gasteiger partial charge in [-0.1, -0.05) is 17.7 Å². The van der Waals surface area contributed by atoms with Crippen LogP contribution in [0.2, 0.25) is 6.04 Å². The summed E-state index contributed by atoms with van der Waals surface area (Å²) < 4.78 is 0. The maximum atomic E-state index is 3.98. The molecule has 0 rings (SSSR count). The molecule has 0 aliphatic heterocycles. The summed E-state index contributed by atoms with van der Waals surface area (Å²) >= 11 is 0. The van der Waals surface area contributed by atoms with Gasteiger partial charge in [0.15, 0.2) is 0 Å². The first kappa shape index (κ1) is 13.9. The number of nitrogens with zero attached hydrogens (tertiary/aromatic N) is 2. The van der Waals surface area contributed by atoms with Crippen molar-refractivity contribution in [1.29, 1.82) is 0 Å². The minimum Gasteiger partial charge on any atom is -0.294 e. The van der Waals surface area contributed by atoms with Crippen LogP contribution >= 0.6 is 0 Å². The van der Waals surface area contributed by atoms with Crippen molar-refractivity contribution in [2.45, 2.75) is 32.0 Å². The Labute approximate surface area is 91.8 Å². The van der Waals surface area contributed by atoms with Gasteiger partial charge in [-0.05, 0) is 41.5 Å². The van der Waals surface area contributed by atoms with E-state index in [-0.39, 0.29) is 9.52 Å². The van der Waals surface area contributed by atoms with Crippen molar-refractivity contribution in [3.63, 3.8) is 0 Å². The molecule has 0 fully saturated rings. The zero-order valence-electron chi connectivity index (χ0n) is 10.5. The van der Waals surface area contributed by atoms with E-state index in [0.29, 0.717) is 6.17 Å². The predicted molar refractivity (Wildman–Crippen MR) is 68.6 cm³/mol. The minimum absolute atomic E-state index is 0.0225. The van der Waals surface area contributed by atoms with Crippen LogP contribution in [0.4, 0.5) is 0 Å². The first-order valence-electron chi connectivity index (χ1n) is 5.42. The average Bonchev–Trinajstić information content (AvgIpc) is 2.01. The zero-order chi connectivity index (χ0) is 11.1. The first-order valence-corrected chi connectivity index (χ1v) is 7.13. The van der Waals surface area contributed by atoms with Crippen LogP contribution in [-0.4, -0.2) is 53.7 Å². The average molecular weight is 214 g/mol. The fourth-order valence-corrected chi connectivity index (χ4v) is 2.87. The largest absolute Gasteiger partial charge is 0.294 e. The molecule has 0 atom stereocenters. The highest BCUT2D eigenvalue weighted by molar-refractivity contribution is 6.44. The van der Waals surface area contributed by atoms with E-state index in [2.05, 4.69) is 51.5 Å². The quantitative estimate of drug-likeness (QED) is 0.358. The van der Waals surface area contributed by atoms with E-state index in [4.69, 9.17) is 0 Å². The van der Waals surface area contributed by atoms with Gasteiger partial charge in [-0.2, -0.15) is 0 Å². The summed E-state index contributed by atoms with van der Waals surface area (Å²) in [5.74, 6) is 0. The van der Waals surface area contributed by atoms with Crippen LogP contribution in [-0.2, 0) is 0 Å². The van der Waals surface area contributed by atoms with Crippen molar-refractivity contribution < 1.29 is 0 Å². The van der Waals surface area contributed by atoms with Crippen LogP contribution in [0.3, 0.4) is 0 Å². The van der Waals surface area contributed by atoms with Crippen molar-refractivity contribution >= 4 is 9.52 Å². The molecular weight excluding hydrogens is 188 g/mol. The minimum atomic E-state index is 0.0225. The van der Waals surface area contributed by atoms with E-state index >= 15 is 0 Å². The number of allylic oxidation sites excluding steroid dienone is 1. The molecule has 0 aliphatic carbocycles. The monoisotopic (exact) mass is 214 g/mol. The third kappa shape index (κ3) is 6.35. The van der Waals surface area contributed by atoms with Crippen molar-refractivity contribution in [2.75, 3.05) is 28.2 Å². The van der Waals surface area contributed by atoms with Gasteiger partial charge in [0.05, 0.1) is 6.17 Å². The standard InChI is InChI=1S/C11H26N2Si/c1-10(2)14-9-7-8-11(12(3)4)13(5)6/h11H,1,7-9,14H2,2-6H3. The third-order valence-corrected chi connectivity index (χ3v) is 4.22. The molecule has 0 N–H and O–H groups in total. The van der Waals surface area contributed by atoms with E-state index in [1.54, 1.807) is 0 Å². The van der Waals surface area contributed by atoms with Gasteiger partial charge in [0.25, 0.3) is 0 Å². The molecule has 0 heterocycles. The van der Waals surface area contributed by atoms with Crippen LogP contribution in [0.25, 0.3) is 0 Å². The fraction of sp³-hybridized carbons (Fsp3) is 0.818. The van der Waals surface area contributed by atoms with Crippen LogP contribution < -0.4 is 0 Å². The van der Waals surface area contributed by atoms with E-state index in [1.807, 2.05) is 0 Å². The van der Waals surface area contributed by atoms with Gasteiger partial charge < -0.3 is 0 Å². The normalized spacial score (nSPS) is 12.6. The first-order chi connectivity index (χ1) is 6.45. The molecule has 14 heavy (non-hydrogen) atoms. The number of hydrogen-bond acceptors (Lipinski definition) is 2. The third-order valence-electron chi connectivity index (χ3n) is 2.51. The number of hydrogen-bond donors (Lipinski definition) is 0. The maximum Gasteiger partial charge on any atom is 0.0612 e. The molecule has 0 bridgehead atoms. The van der Waals surface area contributed by atoms with Gasteiger partial charge in [0.2, 0.25) is 0 Å². The van der Waals surface area contributed by atoms with Gasteiger partial charge in [0, 0.05) is 9.52 Å². The highest BCUT2D eigenvalue weighted by Gasteiger charge is 2.12. The van der Waals surface area contributed by atoms with Crippen molar-refractivity contribution in [2.24, 2.45) is 0 Å². The molecule has 2 nitrogen and oxygen atoms in total. The van der Waals surface area contributed by atoms with Gasteiger partial charge in [-0.15, -0.1) is 6.58 Å². The zero-order valence-corrected chi connectivity index (χ0v) is 11.9. The summed E-state index contributed by atoms with van der Waals surface area (Å²) in [5.41, 5.74) is 0. The molecule has 0 saturated heterocycles. The van der Waals surface area contributed by atoms with Crippen molar-refractivity contribution in [3.05, 3.63) is 11.8 Å². The van der Waals surface area contributed by atoms with Gasteiger partial charge in [-0.25, -0.2) is 0 Å². The molecule has 0 aromatic heterocycles. The molecule has 0 radical (unpaired) electrons. The SMILES string of the molecule is C=C(C)[SiH2]CCCC(N(C)C)N(C)C. The Kier molecular flexibility index (Phi) is 7.14. The highest BCUT2D eigenvalue weighted by atomic mass is 28.2. The molecule has 84 valence electrons. The molecule has 3 heteroatoms. The lowest BCUT2D eigenvalue weighted by Gasteiger charge is -2.30. The molecule has 0 aliphatic rings. The second-order valence-electron chi connectivity index (χ2n) is 4.61. The molecule has 0 aromatic rings. The summed E-state index contributed by atoms with van der Waals surface area (Å²) in [6, 6.07) is 1.41. The summed E-state index contributed by atoms with van der Waals surface area (Å²) in [6.07, 6.45) is 3.22. The molecule has 0 saturated carbocycles. The van der Waals surface area contributed by atoms with Gasteiger partial charge in [-0.3, -0.25) is 9.80 Å². The van der Waals surface area contributed by atoms with E-state index in [9.17, 15) is 0 Å². The number of rotatable bonds is 7. The van der Waals surface area contributed by atoms with Crippen molar-refractivity contribution in [3.8, 4) is 0 Å². The maximum absolute atomic E-state index is 3.98. The van der Waals surface area contributed by atoms with Crippen molar-refractivity contribution in [1.82, 2.24) is 9.80 Å². The summed E-state index contributed by atoms with van der Waals surface area (Å²) in [5, 5.41) is 1.44. The van der Waals surface area contributed by atoms with Gasteiger partial charge in [0.1, 0.15) is 0 Å². The Morgan fingerprint density at radius 2 is 1.71 bits per heavy atom. The smallest absolute Gasteiger partial charge is 0.0612 e. The Hall–Kier alpha value is -0.123. The second-order valence-corrected chi connectivity index (χ2v) is 7.02. The lowest BCUT2D eigenvalue weighted by molar-refractivity contribution is 0.119. The fourth-order valence-electron chi connectivity index (χ4n) is 1.73. The van der Waals surface area contributed by atoms with E-state index in [0.717, 1.165) is 0 Å². The molecule has 0 unspecified atom stereocenters. The lowest BCUT2D eigenvalue weighted by Crippen LogP contribution is -2.40. The topological polar surface area (TPSA) is 6.48 Å². The van der Waals surface area contributed by atoms with E-state index < -0.39 is 0 Å². The Balaban J connectivity index is 3.67. The van der Waals surface area contributed by atoms with Crippen LogP contribution in [0.5, 0.6) is 0 Å². The summed E-state index contributed by atoms with van der Waals surface area (Å²) in [7, 11) is 8.64. The second kappa shape index (κ2) is 7.21. The summed E-state index contributed by atoms with van der Waals surface area (Å²) in [4.78, 5) is 4.59. The van der Waals surface area contributed by atoms with Crippen LogP contribution in [0, 0.1) is 0 Å². The molecular formula is C11H26N2Si. The molecule has 0 amide bonds. The Morgan fingerprint density at radius 1 is 1.21 bits per heavy atom. The molecule has 0 aromatic carbocycles. The molecule has 0 spiro atoms. The van der Waals surface area contributed by atoms with E-state index in [1.165, 1.54) is 24.1 Å². The van der Waals surface area contributed by atoms with Crippen LogP contribution in [0.15, 0.2) is 11.8 Å². The lowest BCUT2D eigenvalue weighted by atomic mass is 10.2. The predicted octanol–water partition coefficient (Wildman–Crippen LogP) is 1.34. The Morgan fingerprint density at radius 3 is 2.07 bits per heavy atom. The highest BCUT2D eigenvalue weighted by Crippen LogP contribution is 2.08. The Bertz CT molecular complexity index is 159. The van der Waals surface area contributed by atoms with Crippen LogP contribution in [0.1, 0.15) is 19.8 Å². The summed E-state index contributed by atoms with van der Waals surface area (Å²) in [6.45, 7) is 6.15.